The van der Waals surface area contributed by atoms with Gasteiger partial charge < -0.3 is 14.8 Å². The molecule has 1 aromatic heterocycles. The first-order valence-corrected chi connectivity index (χ1v) is 9.14. The number of ether oxygens (including phenoxy) is 2. The van der Waals surface area contributed by atoms with Crippen molar-refractivity contribution >= 4 is 11.9 Å². The molecule has 6 nitrogen and oxygen atoms in total. The Labute approximate surface area is 169 Å². The van der Waals surface area contributed by atoms with Crippen molar-refractivity contribution < 1.29 is 19.1 Å². The molecule has 0 saturated carbocycles. The predicted octanol–water partition coefficient (Wildman–Crippen LogP) is 3.27. The standard InChI is InChI=1S/C23H22N2O4/c1-28-21-13-8-16(15-24-21)14-20(23(27)29-2)25-22(26)19-11-9-18(10-12-19)17-6-4-3-5-7-17/h3-13,15,20H,14H2,1-2H3,(H,25,26)/t20-/m0/s1. The maximum atomic E-state index is 12.7. The van der Waals surface area contributed by atoms with Gasteiger partial charge in [-0.05, 0) is 28.8 Å². The molecule has 0 fully saturated rings. The van der Waals surface area contributed by atoms with Crippen LogP contribution in [0.2, 0.25) is 0 Å². The lowest BCUT2D eigenvalue weighted by molar-refractivity contribution is -0.142. The van der Waals surface area contributed by atoms with Crippen molar-refractivity contribution in [1.29, 1.82) is 0 Å². The van der Waals surface area contributed by atoms with Gasteiger partial charge in [0, 0.05) is 24.2 Å². The SMILES string of the molecule is COC(=O)[C@H](Cc1ccc(OC)nc1)NC(=O)c1ccc(-c2ccccc2)cc1. The summed E-state index contributed by atoms with van der Waals surface area (Å²) in [5.74, 6) is -0.387. The quantitative estimate of drug-likeness (QED) is 0.627. The molecule has 1 atom stereocenters. The molecule has 3 aromatic rings. The lowest BCUT2D eigenvalue weighted by atomic mass is 10.0. The van der Waals surface area contributed by atoms with Gasteiger partial charge in [-0.15, -0.1) is 0 Å². The minimum atomic E-state index is -0.823. The van der Waals surface area contributed by atoms with E-state index in [2.05, 4.69) is 10.3 Å². The van der Waals surface area contributed by atoms with E-state index in [1.165, 1.54) is 14.2 Å². The summed E-state index contributed by atoms with van der Waals surface area (Å²) in [5, 5.41) is 2.75. The van der Waals surface area contributed by atoms with Gasteiger partial charge in [-0.2, -0.15) is 0 Å². The van der Waals surface area contributed by atoms with Gasteiger partial charge in [-0.25, -0.2) is 9.78 Å². The zero-order valence-corrected chi connectivity index (χ0v) is 16.3. The second kappa shape index (κ2) is 9.50. The van der Waals surface area contributed by atoms with E-state index >= 15 is 0 Å². The first-order chi connectivity index (χ1) is 14.1. The normalized spacial score (nSPS) is 11.4. The van der Waals surface area contributed by atoms with Crippen molar-refractivity contribution in [2.75, 3.05) is 14.2 Å². The summed E-state index contributed by atoms with van der Waals surface area (Å²) in [6.07, 6.45) is 1.87. The van der Waals surface area contributed by atoms with Crippen LogP contribution in [-0.4, -0.2) is 37.1 Å². The largest absolute Gasteiger partial charge is 0.481 e. The highest BCUT2D eigenvalue weighted by Gasteiger charge is 2.23. The van der Waals surface area contributed by atoms with Gasteiger partial charge in [0.05, 0.1) is 14.2 Å². The molecule has 1 amide bonds. The summed E-state index contributed by atoms with van der Waals surface area (Å²) in [4.78, 5) is 28.9. The smallest absolute Gasteiger partial charge is 0.328 e. The lowest BCUT2D eigenvalue weighted by Crippen LogP contribution is -2.43. The third kappa shape index (κ3) is 5.19. The van der Waals surface area contributed by atoms with E-state index < -0.39 is 12.0 Å². The zero-order chi connectivity index (χ0) is 20.6. The van der Waals surface area contributed by atoms with Crippen LogP contribution in [0.5, 0.6) is 5.88 Å². The number of carbonyl (C=O) groups is 2. The van der Waals surface area contributed by atoms with Crippen LogP contribution in [0.1, 0.15) is 15.9 Å². The molecule has 0 saturated heterocycles. The summed E-state index contributed by atoms with van der Waals surface area (Å²) in [6, 6.07) is 19.8. The number of rotatable bonds is 7. The Morgan fingerprint density at radius 3 is 2.21 bits per heavy atom. The third-order valence-electron chi connectivity index (χ3n) is 4.49. The van der Waals surface area contributed by atoms with Crippen molar-refractivity contribution in [3.05, 3.63) is 84.1 Å². The summed E-state index contributed by atoms with van der Waals surface area (Å²) in [6.45, 7) is 0. The van der Waals surface area contributed by atoms with Crippen LogP contribution in [0.25, 0.3) is 11.1 Å². The first-order valence-electron chi connectivity index (χ1n) is 9.14. The number of hydrogen-bond acceptors (Lipinski definition) is 5. The number of carbonyl (C=O) groups excluding carboxylic acids is 2. The monoisotopic (exact) mass is 390 g/mol. The number of methoxy groups -OCH3 is 2. The minimum absolute atomic E-state index is 0.261. The minimum Gasteiger partial charge on any atom is -0.481 e. The fourth-order valence-electron chi connectivity index (χ4n) is 2.91. The molecule has 0 aliphatic carbocycles. The third-order valence-corrected chi connectivity index (χ3v) is 4.49. The topological polar surface area (TPSA) is 77.5 Å². The van der Waals surface area contributed by atoms with E-state index in [0.717, 1.165) is 16.7 Å². The van der Waals surface area contributed by atoms with Gasteiger partial charge in [-0.3, -0.25) is 4.79 Å². The highest BCUT2D eigenvalue weighted by molar-refractivity contribution is 5.97. The molecule has 29 heavy (non-hydrogen) atoms. The Hall–Kier alpha value is -3.67. The average molecular weight is 390 g/mol. The van der Waals surface area contributed by atoms with Crippen LogP contribution in [-0.2, 0) is 16.0 Å². The fraction of sp³-hybridized carbons (Fsp3) is 0.174. The summed E-state index contributed by atoms with van der Waals surface area (Å²) in [5.41, 5.74) is 3.32. The Morgan fingerprint density at radius 2 is 1.62 bits per heavy atom. The van der Waals surface area contributed by atoms with E-state index in [1.807, 2.05) is 42.5 Å². The van der Waals surface area contributed by atoms with E-state index in [1.54, 1.807) is 30.5 Å². The Kier molecular flexibility index (Phi) is 6.58. The molecule has 0 radical (unpaired) electrons. The lowest BCUT2D eigenvalue weighted by Gasteiger charge is -2.17. The van der Waals surface area contributed by atoms with Crippen molar-refractivity contribution in [2.45, 2.75) is 12.5 Å². The van der Waals surface area contributed by atoms with Gasteiger partial charge in [0.2, 0.25) is 5.88 Å². The van der Waals surface area contributed by atoms with E-state index in [4.69, 9.17) is 9.47 Å². The van der Waals surface area contributed by atoms with Gasteiger partial charge >= 0.3 is 5.97 Å². The van der Waals surface area contributed by atoms with Crippen molar-refractivity contribution in [2.24, 2.45) is 0 Å². The van der Waals surface area contributed by atoms with Gasteiger partial charge in [0.1, 0.15) is 6.04 Å². The van der Waals surface area contributed by atoms with Crippen molar-refractivity contribution in [3.63, 3.8) is 0 Å². The van der Waals surface area contributed by atoms with E-state index in [9.17, 15) is 9.59 Å². The van der Waals surface area contributed by atoms with Crippen LogP contribution in [0.15, 0.2) is 72.9 Å². The van der Waals surface area contributed by atoms with Crippen LogP contribution in [0.4, 0.5) is 0 Å². The Morgan fingerprint density at radius 1 is 0.931 bits per heavy atom. The summed E-state index contributed by atoms with van der Waals surface area (Å²) in [7, 11) is 2.82. The molecule has 0 aliphatic rings. The van der Waals surface area contributed by atoms with E-state index in [0.29, 0.717) is 11.4 Å². The highest BCUT2D eigenvalue weighted by Crippen LogP contribution is 2.19. The maximum Gasteiger partial charge on any atom is 0.328 e. The van der Waals surface area contributed by atoms with Crippen molar-refractivity contribution in [1.82, 2.24) is 10.3 Å². The van der Waals surface area contributed by atoms with Crippen molar-refractivity contribution in [3.8, 4) is 17.0 Å². The number of nitrogens with one attached hydrogen (secondary N) is 1. The summed E-state index contributed by atoms with van der Waals surface area (Å²) < 4.78 is 9.88. The molecule has 0 spiro atoms. The maximum absolute atomic E-state index is 12.7. The molecule has 0 bridgehead atoms. The molecular formula is C23H22N2O4. The molecular weight excluding hydrogens is 368 g/mol. The predicted molar refractivity (Wildman–Crippen MR) is 110 cm³/mol. The number of hydrogen-bond donors (Lipinski definition) is 1. The fourth-order valence-corrected chi connectivity index (χ4v) is 2.91. The Balaban J connectivity index is 1.71. The number of aromatic nitrogens is 1. The molecule has 2 aromatic carbocycles. The summed E-state index contributed by atoms with van der Waals surface area (Å²) >= 11 is 0. The second-order valence-corrected chi connectivity index (χ2v) is 6.41. The first kappa shape index (κ1) is 20.1. The van der Waals surface area contributed by atoms with Crippen LogP contribution in [0.3, 0.4) is 0 Å². The molecule has 148 valence electrons. The number of nitrogens with zero attached hydrogens (tertiary/aromatic N) is 1. The average Bonchev–Trinajstić information content (AvgIpc) is 2.79. The van der Waals surface area contributed by atoms with Gasteiger partial charge in [0.15, 0.2) is 0 Å². The molecule has 1 heterocycles. The second-order valence-electron chi connectivity index (χ2n) is 6.41. The molecule has 0 unspecified atom stereocenters. The van der Waals surface area contributed by atoms with Crippen LogP contribution < -0.4 is 10.1 Å². The van der Waals surface area contributed by atoms with Gasteiger partial charge in [-0.1, -0.05) is 48.5 Å². The van der Waals surface area contributed by atoms with Crippen LogP contribution >= 0.6 is 0 Å². The highest BCUT2D eigenvalue weighted by atomic mass is 16.5. The Bertz CT molecular complexity index is 954. The molecule has 6 heteroatoms. The number of esters is 1. The van der Waals surface area contributed by atoms with Gasteiger partial charge in [0.25, 0.3) is 5.91 Å². The molecule has 0 aliphatic heterocycles. The number of benzene rings is 2. The van der Waals surface area contributed by atoms with E-state index in [-0.39, 0.29) is 12.3 Å². The number of pyridine rings is 1. The molecule has 3 rings (SSSR count). The molecule has 1 N–H and O–H groups in total. The zero-order valence-electron chi connectivity index (χ0n) is 16.3. The van der Waals surface area contributed by atoms with Crippen LogP contribution in [0, 0.1) is 0 Å². The number of amides is 1.